The zero-order chi connectivity index (χ0) is 13.3. The summed E-state index contributed by atoms with van der Waals surface area (Å²) in [7, 11) is 0. The molecule has 2 heterocycles. The largest absolute Gasteiger partial charge is 0.310 e. The molecular weight excluding hydrogens is 258 g/mol. The van der Waals surface area contributed by atoms with Gasteiger partial charge in [0, 0.05) is 30.1 Å². The molecule has 3 rings (SSSR count). The van der Waals surface area contributed by atoms with Gasteiger partial charge in [-0.15, -0.1) is 0 Å². The second kappa shape index (κ2) is 4.98. The van der Waals surface area contributed by atoms with Crippen LogP contribution in [0.4, 0.5) is 0 Å². The van der Waals surface area contributed by atoms with Crippen LogP contribution in [0.25, 0.3) is 5.65 Å². The number of nitrogens with one attached hydrogen (secondary N) is 1. The molecule has 0 bridgehead atoms. The molecule has 0 atom stereocenters. The summed E-state index contributed by atoms with van der Waals surface area (Å²) in [6, 6.07) is 7.20. The summed E-state index contributed by atoms with van der Waals surface area (Å²) in [6.07, 6.45) is 6.48. The molecule has 0 radical (unpaired) electrons. The molecule has 1 aliphatic carbocycles. The van der Waals surface area contributed by atoms with E-state index in [2.05, 4.69) is 16.6 Å². The Hall–Kier alpha value is -1.33. The minimum absolute atomic E-state index is 0.0200. The number of rotatable bonds is 5. The zero-order valence-corrected chi connectivity index (χ0v) is 11.7. The molecule has 5 heteroatoms. The summed E-state index contributed by atoms with van der Waals surface area (Å²) >= 11 is 1.93. The molecule has 0 aliphatic heterocycles. The third-order valence-electron chi connectivity index (χ3n) is 3.62. The van der Waals surface area contributed by atoms with Crippen molar-refractivity contribution in [3.63, 3.8) is 0 Å². The SMILES string of the molecule is CSC1(CNCc2cc(=O)n3ccccc3n2)CC1. The van der Waals surface area contributed by atoms with Gasteiger partial charge in [0.25, 0.3) is 5.56 Å². The van der Waals surface area contributed by atoms with Crippen molar-refractivity contribution in [3.8, 4) is 0 Å². The summed E-state index contributed by atoms with van der Waals surface area (Å²) in [5.74, 6) is 0. The van der Waals surface area contributed by atoms with Gasteiger partial charge in [-0.05, 0) is 31.2 Å². The van der Waals surface area contributed by atoms with Crippen LogP contribution < -0.4 is 10.9 Å². The van der Waals surface area contributed by atoms with Gasteiger partial charge in [-0.1, -0.05) is 6.07 Å². The Morgan fingerprint density at radius 2 is 2.32 bits per heavy atom. The van der Waals surface area contributed by atoms with Crippen molar-refractivity contribution in [2.75, 3.05) is 12.8 Å². The van der Waals surface area contributed by atoms with Crippen LogP contribution in [0.15, 0.2) is 35.3 Å². The molecule has 2 aromatic rings. The fourth-order valence-corrected chi connectivity index (χ4v) is 2.96. The van der Waals surface area contributed by atoms with E-state index < -0.39 is 0 Å². The lowest BCUT2D eigenvalue weighted by atomic mass is 10.3. The minimum atomic E-state index is -0.0200. The molecule has 0 saturated heterocycles. The fraction of sp³-hybridized carbons (Fsp3) is 0.429. The normalized spacial score (nSPS) is 16.7. The first-order valence-corrected chi connectivity index (χ1v) is 7.68. The summed E-state index contributed by atoms with van der Waals surface area (Å²) in [6.45, 7) is 1.65. The lowest BCUT2D eigenvalue weighted by molar-refractivity contribution is 0.652. The van der Waals surface area contributed by atoms with Crippen molar-refractivity contribution in [1.29, 1.82) is 0 Å². The van der Waals surface area contributed by atoms with E-state index in [0.717, 1.165) is 12.2 Å². The Balaban J connectivity index is 1.73. The first-order chi connectivity index (χ1) is 9.22. The Kier molecular flexibility index (Phi) is 3.33. The maximum absolute atomic E-state index is 11.9. The monoisotopic (exact) mass is 275 g/mol. The molecule has 0 unspecified atom stereocenters. The van der Waals surface area contributed by atoms with Gasteiger partial charge in [-0.25, -0.2) is 4.98 Å². The van der Waals surface area contributed by atoms with E-state index in [-0.39, 0.29) is 5.56 Å². The molecule has 0 amide bonds. The number of pyridine rings is 1. The van der Waals surface area contributed by atoms with E-state index in [0.29, 0.717) is 16.9 Å². The maximum Gasteiger partial charge on any atom is 0.258 e. The van der Waals surface area contributed by atoms with E-state index in [1.54, 1.807) is 16.7 Å². The van der Waals surface area contributed by atoms with Gasteiger partial charge in [0.15, 0.2) is 0 Å². The molecule has 1 saturated carbocycles. The standard InChI is InChI=1S/C14H17N3OS/c1-19-14(5-6-14)10-15-9-11-8-13(18)17-7-3-2-4-12(17)16-11/h2-4,7-8,15H,5-6,9-10H2,1H3. The molecule has 4 nitrogen and oxygen atoms in total. The predicted molar refractivity (Wildman–Crippen MR) is 78.6 cm³/mol. The number of thioether (sulfide) groups is 1. The first-order valence-electron chi connectivity index (χ1n) is 6.46. The summed E-state index contributed by atoms with van der Waals surface area (Å²) in [4.78, 5) is 16.4. The topological polar surface area (TPSA) is 46.4 Å². The van der Waals surface area contributed by atoms with Gasteiger partial charge < -0.3 is 5.32 Å². The van der Waals surface area contributed by atoms with Crippen LogP contribution in [-0.2, 0) is 6.54 Å². The molecule has 0 aromatic carbocycles. The van der Waals surface area contributed by atoms with Crippen LogP contribution in [0.5, 0.6) is 0 Å². The smallest absolute Gasteiger partial charge is 0.258 e. The van der Waals surface area contributed by atoms with Crippen molar-refractivity contribution in [1.82, 2.24) is 14.7 Å². The molecule has 1 aliphatic rings. The summed E-state index contributed by atoms with van der Waals surface area (Å²) in [5.41, 5.74) is 1.50. The van der Waals surface area contributed by atoms with Gasteiger partial charge in [0.1, 0.15) is 5.65 Å². The Labute approximate surface area is 116 Å². The number of hydrogen-bond donors (Lipinski definition) is 1. The number of hydrogen-bond acceptors (Lipinski definition) is 4. The van der Waals surface area contributed by atoms with Crippen molar-refractivity contribution < 1.29 is 0 Å². The third kappa shape index (κ3) is 2.67. The van der Waals surface area contributed by atoms with Gasteiger partial charge in [-0.3, -0.25) is 9.20 Å². The van der Waals surface area contributed by atoms with Crippen LogP contribution in [-0.4, -0.2) is 26.9 Å². The van der Waals surface area contributed by atoms with Gasteiger partial charge in [0.05, 0.1) is 5.69 Å². The number of aromatic nitrogens is 2. The molecule has 100 valence electrons. The maximum atomic E-state index is 11.9. The molecule has 1 fully saturated rings. The highest BCUT2D eigenvalue weighted by Crippen LogP contribution is 2.46. The quantitative estimate of drug-likeness (QED) is 0.902. The van der Waals surface area contributed by atoms with E-state index in [1.165, 1.54) is 12.8 Å². The Morgan fingerprint density at radius 1 is 1.47 bits per heavy atom. The van der Waals surface area contributed by atoms with Crippen molar-refractivity contribution in [2.24, 2.45) is 0 Å². The van der Waals surface area contributed by atoms with Crippen molar-refractivity contribution >= 4 is 17.4 Å². The summed E-state index contributed by atoms with van der Waals surface area (Å²) in [5, 5.41) is 3.42. The van der Waals surface area contributed by atoms with Crippen LogP contribution >= 0.6 is 11.8 Å². The average molecular weight is 275 g/mol. The Morgan fingerprint density at radius 3 is 3.05 bits per heavy atom. The van der Waals surface area contributed by atoms with E-state index >= 15 is 0 Å². The molecule has 0 spiro atoms. The number of fused-ring (bicyclic) bond motifs is 1. The van der Waals surface area contributed by atoms with Gasteiger partial charge in [-0.2, -0.15) is 11.8 Å². The highest BCUT2D eigenvalue weighted by molar-refractivity contribution is 8.00. The van der Waals surface area contributed by atoms with Crippen LogP contribution in [0, 0.1) is 0 Å². The van der Waals surface area contributed by atoms with Crippen LogP contribution in [0.1, 0.15) is 18.5 Å². The van der Waals surface area contributed by atoms with E-state index in [4.69, 9.17) is 0 Å². The lowest BCUT2D eigenvalue weighted by Crippen LogP contribution is -2.27. The third-order valence-corrected chi connectivity index (χ3v) is 5.04. The number of nitrogens with zero attached hydrogens (tertiary/aromatic N) is 2. The summed E-state index contributed by atoms with van der Waals surface area (Å²) < 4.78 is 2.00. The molecule has 19 heavy (non-hydrogen) atoms. The highest BCUT2D eigenvalue weighted by Gasteiger charge is 2.41. The van der Waals surface area contributed by atoms with Gasteiger partial charge in [0.2, 0.25) is 0 Å². The fourth-order valence-electron chi connectivity index (χ4n) is 2.20. The Bertz CT molecular complexity index is 648. The minimum Gasteiger partial charge on any atom is -0.310 e. The van der Waals surface area contributed by atoms with Crippen molar-refractivity contribution in [2.45, 2.75) is 24.1 Å². The second-order valence-electron chi connectivity index (χ2n) is 5.01. The van der Waals surface area contributed by atoms with E-state index in [9.17, 15) is 4.79 Å². The van der Waals surface area contributed by atoms with E-state index in [1.807, 2.05) is 30.0 Å². The molecule has 2 aromatic heterocycles. The first kappa shape index (κ1) is 12.7. The molecular formula is C14H17N3OS. The zero-order valence-electron chi connectivity index (χ0n) is 10.9. The van der Waals surface area contributed by atoms with Crippen LogP contribution in [0.3, 0.4) is 0 Å². The highest BCUT2D eigenvalue weighted by atomic mass is 32.2. The molecule has 1 N–H and O–H groups in total. The van der Waals surface area contributed by atoms with Gasteiger partial charge >= 0.3 is 0 Å². The average Bonchev–Trinajstić information content (AvgIpc) is 3.19. The van der Waals surface area contributed by atoms with Crippen LogP contribution in [0.2, 0.25) is 0 Å². The lowest BCUT2D eigenvalue weighted by Gasteiger charge is -2.12. The second-order valence-corrected chi connectivity index (χ2v) is 6.28. The van der Waals surface area contributed by atoms with Crippen molar-refractivity contribution in [3.05, 3.63) is 46.5 Å². The predicted octanol–water partition coefficient (Wildman–Crippen LogP) is 1.68.